The minimum Gasteiger partial charge on any atom is -0.472 e. The number of aliphatic hydroxyl groups excluding tert-OH is 1. The highest BCUT2D eigenvalue weighted by Gasteiger charge is 2.22. The molecule has 3 heteroatoms. The largest absolute Gasteiger partial charge is 0.472 e. The summed E-state index contributed by atoms with van der Waals surface area (Å²) in [5.41, 5.74) is 1.17. The fourth-order valence-electron chi connectivity index (χ4n) is 1.68. The summed E-state index contributed by atoms with van der Waals surface area (Å²) in [6.45, 7) is 6.22. The molecule has 1 rings (SSSR count). The second kappa shape index (κ2) is 5.33. The molecule has 0 amide bonds. The molecule has 1 aromatic rings. The molecule has 3 nitrogen and oxygen atoms in total. The van der Waals surface area contributed by atoms with Crippen LogP contribution in [0.1, 0.15) is 25.8 Å². The van der Waals surface area contributed by atoms with Gasteiger partial charge in [0.2, 0.25) is 0 Å². The van der Waals surface area contributed by atoms with Crippen molar-refractivity contribution in [2.24, 2.45) is 5.41 Å². The maximum Gasteiger partial charge on any atom is 0.0947 e. The van der Waals surface area contributed by atoms with Crippen LogP contribution in [0.4, 0.5) is 0 Å². The highest BCUT2D eigenvalue weighted by molar-refractivity contribution is 5.04. The van der Waals surface area contributed by atoms with Gasteiger partial charge in [-0.1, -0.05) is 13.8 Å². The minimum atomic E-state index is -0.00150. The predicted octanol–water partition coefficient (Wildman–Crippen LogP) is 2.12. The Morgan fingerprint density at radius 3 is 2.73 bits per heavy atom. The van der Waals surface area contributed by atoms with E-state index in [2.05, 4.69) is 25.8 Å². The molecule has 0 fully saturated rings. The molecular weight excluding hydrogens is 190 g/mol. The van der Waals surface area contributed by atoms with E-state index >= 15 is 0 Å². The summed E-state index contributed by atoms with van der Waals surface area (Å²) in [6, 6.07) is 1.97. The Hall–Kier alpha value is -0.800. The van der Waals surface area contributed by atoms with Crippen LogP contribution in [0.3, 0.4) is 0 Å². The van der Waals surface area contributed by atoms with E-state index in [0.29, 0.717) is 0 Å². The minimum absolute atomic E-state index is 0.00150. The summed E-state index contributed by atoms with van der Waals surface area (Å²) in [5.74, 6) is 0. The van der Waals surface area contributed by atoms with Crippen molar-refractivity contribution in [3.8, 4) is 0 Å². The van der Waals surface area contributed by atoms with Gasteiger partial charge in [-0.3, -0.25) is 0 Å². The summed E-state index contributed by atoms with van der Waals surface area (Å²) in [4.78, 5) is 2.21. The highest BCUT2D eigenvalue weighted by atomic mass is 16.3. The molecule has 0 bridgehead atoms. The Balaban J connectivity index is 2.44. The Morgan fingerprint density at radius 2 is 2.27 bits per heavy atom. The van der Waals surface area contributed by atoms with Crippen molar-refractivity contribution in [2.75, 3.05) is 20.2 Å². The summed E-state index contributed by atoms with van der Waals surface area (Å²) >= 11 is 0. The number of aliphatic hydroxyl groups is 1. The van der Waals surface area contributed by atoms with Crippen LogP contribution < -0.4 is 0 Å². The maximum atomic E-state index is 9.32. The Bertz CT molecular complexity index is 265. The number of nitrogens with zero attached hydrogens (tertiary/aromatic N) is 1. The Labute approximate surface area is 91.7 Å². The van der Waals surface area contributed by atoms with Gasteiger partial charge in [-0.15, -0.1) is 0 Å². The van der Waals surface area contributed by atoms with Gasteiger partial charge >= 0.3 is 0 Å². The SMILES string of the molecule is CCC(C)(CO)CN(C)Cc1ccoc1. The van der Waals surface area contributed by atoms with Crippen molar-refractivity contribution in [1.29, 1.82) is 0 Å². The second-order valence-corrected chi connectivity index (χ2v) is 4.63. The number of furan rings is 1. The second-order valence-electron chi connectivity index (χ2n) is 4.63. The van der Waals surface area contributed by atoms with Crippen molar-refractivity contribution < 1.29 is 9.52 Å². The lowest BCUT2D eigenvalue weighted by Gasteiger charge is -2.30. The van der Waals surface area contributed by atoms with Crippen LogP contribution in [0.15, 0.2) is 23.0 Å². The monoisotopic (exact) mass is 211 g/mol. The average Bonchev–Trinajstić information content (AvgIpc) is 2.70. The van der Waals surface area contributed by atoms with Gasteiger partial charge in [-0.2, -0.15) is 0 Å². The molecule has 0 saturated heterocycles. The summed E-state index contributed by atoms with van der Waals surface area (Å²) in [7, 11) is 2.07. The molecule has 0 aromatic carbocycles. The fraction of sp³-hybridized carbons (Fsp3) is 0.667. The fourth-order valence-corrected chi connectivity index (χ4v) is 1.68. The molecule has 1 unspecified atom stereocenters. The molecule has 0 radical (unpaired) electrons. The van der Waals surface area contributed by atoms with Gasteiger partial charge in [0.1, 0.15) is 0 Å². The van der Waals surface area contributed by atoms with E-state index < -0.39 is 0 Å². The first kappa shape index (κ1) is 12.3. The maximum absolute atomic E-state index is 9.32. The number of hydrogen-bond acceptors (Lipinski definition) is 3. The number of hydrogen-bond donors (Lipinski definition) is 1. The lowest BCUT2D eigenvalue weighted by Crippen LogP contribution is -2.35. The van der Waals surface area contributed by atoms with Gasteiger partial charge in [-0.05, 0) is 19.5 Å². The van der Waals surface area contributed by atoms with Crippen LogP contribution in [-0.2, 0) is 6.54 Å². The normalized spacial score (nSPS) is 15.5. The van der Waals surface area contributed by atoms with Gasteiger partial charge in [0, 0.05) is 30.7 Å². The van der Waals surface area contributed by atoms with Crippen LogP contribution in [0.2, 0.25) is 0 Å². The van der Waals surface area contributed by atoms with Crippen molar-refractivity contribution in [3.05, 3.63) is 24.2 Å². The number of rotatable bonds is 6. The molecule has 0 saturated carbocycles. The summed E-state index contributed by atoms with van der Waals surface area (Å²) in [6.07, 6.45) is 4.44. The molecule has 15 heavy (non-hydrogen) atoms. The first-order valence-electron chi connectivity index (χ1n) is 5.40. The van der Waals surface area contributed by atoms with E-state index in [9.17, 15) is 5.11 Å². The Morgan fingerprint density at radius 1 is 1.53 bits per heavy atom. The lowest BCUT2D eigenvalue weighted by atomic mass is 9.88. The van der Waals surface area contributed by atoms with Gasteiger partial charge in [0.25, 0.3) is 0 Å². The Kier molecular flexibility index (Phi) is 4.36. The third-order valence-corrected chi connectivity index (χ3v) is 2.92. The van der Waals surface area contributed by atoms with Crippen LogP contribution in [-0.4, -0.2) is 30.2 Å². The summed E-state index contributed by atoms with van der Waals surface area (Å²) in [5, 5.41) is 9.32. The van der Waals surface area contributed by atoms with E-state index in [1.165, 1.54) is 5.56 Å². The molecule has 1 aromatic heterocycles. The molecule has 0 aliphatic carbocycles. The van der Waals surface area contributed by atoms with Crippen molar-refractivity contribution >= 4 is 0 Å². The lowest BCUT2D eigenvalue weighted by molar-refractivity contribution is 0.0929. The first-order chi connectivity index (χ1) is 7.09. The van der Waals surface area contributed by atoms with Gasteiger partial charge in [0.15, 0.2) is 0 Å². The molecule has 0 aliphatic rings. The topological polar surface area (TPSA) is 36.6 Å². The van der Waals surface area contributed by atoms with Gasteiger partial charge in [-0.25, -0.2) is 0 Å². The van der Waals surface area contributed by atoms with E-state index in [4.69, 9.17) is 4.42 Å². The average molecular weight is 211 g/mol. The molecule has 1 N–H and O–H groups in total. The predicted molar refractivity (Wildman–Crippen MR) is 60.5 cm³/mol. The zero-order chi connectivity index (χ0) is 11.3. The van der Waals surface area contributed by atoms with E-state index in [1.54, 1.807) is 12.5 Å². The van der Waals surface area contributed by atoms with Gasteiger partial charge < -0.3 is 14.4 Å². The van der Waals surface area contributed by atoms with Crippen LogP contribution in [0.5, 0.6) is 0 Å². The third kappa shape index (κ3) is 3.68. The van der Waals surface area contributed by atoms with Crippen molar-refractivity contribution in [3.63, 3.8) is 0 Å². The van der Waals surface area contributed by atoms with E-state index in [0.717, 1.165) is 19.5 Å². The zero-order valence-electron chi connectivity index (χ0n) is 9.86. The van der Waals surface area contributed by atoms with Crippen LogP contribution in [0.25, 0.3) is 0 Å². The van der Waals surface area contributed by atoms with E-state index in [1.807, 2.05) is 6.07 Å². The van der Waals surface area contributed by atoms with Crippen molar-refractivity contribution in [1.82, 2.24) is 4.90 Å². The first-order valence-corrected chi connectivity index (χ1v) is 5.40. The third-order valence-electron chi connectivity index (χ3n) is 2.92. The smallest absolute Gasteiger partial charge is 0.0947 e. The highest BCUT2D eigenvalue weighted by Crippen LogP contribution is 2.21. The zero-order valence-corrected chi connectivity index (χ0v) is 9.86. The molecule has 0 spiro atoms. The van der Waals surface area contributed by atoms with Crippen LogP contribution >= 0.6 is 0 Å². The molecule has 86 valence electrons. The standard InChI is InChI=1S/C12H21NO2/c1-4-12(2,10-14)9-13(3)7-11-5-6-15-8-11/h5-6,8,14H,4,7,9-10H2,1-3H3. The molecule has 1 heterocycles. The summed E-state index contributed by atoms with van der Waals surface area (Å²) < 4.78 is 5.02. The van der Waals surface area contributed by atoms with Crippen molar-refractivity contribution in [2.45, 2.75) is 26.8 Å². The van der Waals surface area contributed by atoms with Gasteiger partial charge in [0.05, 0.1) is 12.5 Å². The quantitative estimate of drug-likeness (QED) is 0.783. The molecule has 1 atom stereocenters. The van der Waals surface area contributed by atoms with E-state index in [-0.39, 0.29) is 12.0 Å². The van der Waals surface area contributed by atoms with Crippen LogP contribution in [0, 0.1) is 5.41 Å². The molecular formula is C12H21NO2. The molecule has 0 aliphatic heterocycles.